The summed E-state index contributed by atoms with van der Waals surface area (Å²) in [6.45, 7) is 0.246. The maximum absolute atomic E-state index is 6.49. The van der Waals surface area contributed by atoms with Crippen LogP contribution < -0.4 is 14.2 Å². The molecule has 7 rings (SSSR count). The van der Waals surface area contributed by atoms with Crippen molar-refractivity contribution in [1.29, 1.82) is 0 Å². The number of ether oxygens (including phenoxy) is 3. The van der Waals surface area contributed by atoms with Crippen LogP contribution in [0.5, 0.6) is 23.1 Å². The largest absolute Gasteiger partial charge is 0.497 e. The summed E-state index contributed by atoms with van der Waals surface area (Å²) in [5.41, 5.74) is 3.70. The fraction of sp³-hybridized carbons (Fsp3) is 0.100. The van der Waals surface area contributed by atoms with E-state index >= 15 is 0 Å². The second-order valence-electron chi connectivity index (χ2n) is 8.87. The third-order valence-corrected chi connectivity index (χ3v) is 6.70. The monoisotopic (exact) mass is 486 g/mol. The molecule has 0 saturated heterocycles. The minimum Gasteiger partial charge on any atom is -0.497 e. The first-order valence-corrected chi connectivity index (χ1v) is 12.0. The van der Waals surface area contributed by atoms with Crippen LogP contribution in [-0.2, 0) is 6.61 Å². The van der Waals surface area contributed by atoms with Gasteiger partial charge in [0.1, 0.15) is 30.2 Å². The predicted octanol–water partition coefficient (Wildman–Crippen LogP) is 6.15. The van der Waals surface area contributed by atoms with Crippen LogP contribution in [0, 0.1) is 0 Å². The number of aromatic nitrogens is 4. The van der Waals surface area contributed by atoms with Gasteiger partial charge in [0.05, 0.1) is 12.7 Å². The molecule has 0 N–H and O–H groups in total. The highest BCUT2D eigenvalue weighted by atomic mass is 16.5. The van der Waals surface area contributed by atoms with Gasteiger partial charge in [-0.3, -0.25) is 0 Å². The SMILES string of the molecule is COc1ccc([C@H]2c3ccc4ccccc4c3Oc3ncn4nc(COc5ccccc5)nc4c32)cc1. The van der Waals surface area contributed by atoms with E-state index in [2.05, 4.69) is 46.5 Å². The molecule has 0 unspecified atom stereocenters. The second-order valence-corrected chi connectivity index (χ2v) is 8.87. The molecule has 37 heavy (non-hydrogen) atoms. The van der Waals surface area contributed by atoms with Crippen molar-refractivity contribution < 1.29 is 14.2 Å². The fourth-order valence-corrected chi connectivity index (χ4v) is 4.96. The average Bonchev–Trinajstić information content (AvgIpc) is 3.39. The van der Waals surface area contributed by atoms with Gasteiger partial charge in [-0.05, 0) is 35.2 Å². The van der Waals surface area contributed by atoms with Gasteiger partial charge in [0.15, 0.2) is 11.5 Å². The van der Waals surface area contributed by atoms with E-state index in [0.29, 0.717) is 17.4 Å². The first kappa shape index (κ1) is 21.4. The Morgan fingerprint density at radius 2 is 1.68 bits per heavy atom. The van der Waals surface area contributed by atoms with E-state index in [-0.39, 0.29) is 12.5 Å². The Bertz CT molecular complexity index is 1750. The van der Waals surface area contributed by atoms with Crippen molar-refractivity contribution >= 4 is 16.4 Å². The summed E-state index contributed by atoms with van der Waals surface area (Å²) in [4.78, 5) is 9.53. The van der Waals surface area contributed by atoms with E-state index in [0.717, 1.165) is 44.7 Å². The molecule has 1 aliphatic heterocycles. The van der Waals surface area contributed by atoms with Gasteiger partial charge in [0.25, 0.3) is 0 Å². The Balaban J connectivity index is 1.39. The van der Waals surface area contributed by atoms with Gasteiger partial charge in [0.2, 0.25) is 5.88 Å². The number of methoxy groups -OCH3 is 1. The molecule has 2 aromatic heterocycles. The Kier molecular flexibility index (Phi) is 4.99. The molecular weight excluding hydrogens is 464 g/mol. The summed E-state index contributed by atoms with van der Waals surface area (Å²) in [7, 11) is 1.67. The van der Waals surface area contributed by atoms with Crippen LogP contribution in [0.1, 0.15) is 28.4 Å². The summed E-state index contributed by atoms with van der Waals surface area (Å²) >= 11 is 0. The molecule has 1 aliphatic rings. The lowest BCUT2D eigenvalue weighted by Crippen LogP contribution is -2.15. The molecule has 0 saturated carbocycles. The van der Waals surface area contributed by atoms with Crippen molar-refractivity contribution in [3.63, 3.8) is 0 Å². The molecule has 0 spiro atoms. The quantitative estimate of drug-likeness (QED) is 0.291. The lowest BCUT2D eigenvalue weighted by Gasteiger charge is -2.28. The number of benzene rings is 4. The van der Waals surface area contributed by atoms with Gasteiger partial charge in [-0.2, -0.15) is 0 Å². The third-order valence-electron chi connectivity index (χ3n) is 6.70. The number of fused-ring (bicyclic) bond motifs is 6. The molecule has 7 nitrogen and oxygen atoms in total. The molecule has 0 radical (unpaired) electrons. The Morgan fingerprint density at radius 1 is 0.865 bits per heavy atom. The zero-order valence-electron chi connectivity index (χ0n) is 20.0. The minimum atomic E-state index is -0.155. The first-order valence-electron chi connectivity index (χ1n) is 12.0. The molecule has 0 fully saturated rings. The molecule has 6 aromatic rings. The summed E-state index contributed by atoms with van der Waals surface area (Å²) in [6, 6.07) is 30.2. The molecule has 0 amide bonds. The van der Waals surface area contributed by atoms with E-state index in [9.17, 15) is 0 Å². The van der Waals surface area contributed by atoms with Crippen LogP contribution in [0.2, 0.25) is 0 Å². The topological polar surface area (TPSA) is 70.8 Å². The summed E-state index contributed by atoms with van der Waals surface area (Å²) in [5.74, 6) is 3.32. The highest BCUT2D eigenvalue weighted by Gasteiger charge is 2.34. The number of para-hydroxylation sites is 1. The smallest absolute Gasteiger partial charge is 0.228 e. The molecule has 0 aliphatic carbocycles. The van der Waals surface area contributed by atoms with Crippen molar-refractivity contribution in [3.8, 4) is 23.1 Å². The van der Waals surface area contributed by atoms with Gasteiger partial charge >= 0.3 is 0 Å². The van der Waals surface area contributed by atoms with Gasteiger partial charge < -0.3 is 14.2 Å². The highest BCUT2D eigenvalue weighted by molar-refractivity contribution is 5.91. The molecule has 7 heteroatoms. The van der Waals surface area contributed by atoms with E-state index in [4.69, 9.17) is 19.2 Å². The molecule has 180 valence electrons. The van der Waals surface area contributed by atoms with Crippen LogP contribution in [0.3, 0.4) is 0 Å². The van der Waals surface area contributed by atoms with Crippen LogP contribution in [0.15, 0.2) is 97.3 Å². The summed E-state index contributed by atoms with van der Waals surface area (Å²) in [6.07, 6.45) is 1.65. The lowest BCUT2D eigenvalue weighted by molar-refractivity contribution is 0.296. The number of nitrogens with zero attached hydrogens (tertiary/aromatic N) is 4. The van der Waals surface area contributed by atoms with Crippen molar-refractivity contribution in [1.82, 2.24) is 19.6 Å². The molecular formula is C30H22N4O3. The third kappa shape index (κ3) is 3.63. The lowest BCUT2D eigenvalue weighted by atomic mass is 9.83. The molecule has 3 heterocycles. The van der Waals surface area contributed by atoms with Crippen molar-refractivity contribution in [2.75, 3.05) is 7.11 Å². The van der Waals surface area contributed by atoms with Crippen molar-refractivity contribution in [3.05, 3.63) is 120 Å². The Morgan fingerprint density at radius 3 is 2.51 bits per heavy atom. The van der Waals surface area contributed by atoms with Gasteiger partial charge in [-0.1, -0.05) is 66.7 Å². The number of hydrogen-bond acceptors (Lipinski definition) is 6. The standard InChI is InChI=1S/C30H22N4O3/c1-35-21-14-11-20(12-15-21)26-24-16-13-19-7-5-6-10-23(19)28(24)37-30-27(26)29-32-25(33-34(29)18-31-30)17-36-22-8-3-2-4-9-22/h2-16,18,26H,17H2,1H3/t26-/m0/s1. The van der Waals surface area contributed by atoms with Crippen LogP contribution in [0.4, 0.5) is 0 Å². The second kappa shape index (κ2) is 8.64. The van der Waals surface area contributed by atoms with E-state index in [1.165, 1.54) is 0 Å². The maximum Gasteiger partial charge on any atom is 0.228 e. The zero-order valence-corrected chi connectivity index (χ0v) is 20.0. The van der Waals surface area contributed by atoms with Crippen molar-refractivity contribution in [2.24, 2.45) is 0 Å². The Labute approximate surface area is 212 Å². The normalized spacial score (nSPS) is 14.1. The van der Waals surface area contributed by atoms with Gasteiger partial charge in [0, 0.05) is 16.9 Å². The van der Waals surface area contributed by atoms with Crippen LogP contribution in [-0.4, -0.2) is 26.7 Å². The van der Waals surface area contributed by atoms with Crippen LogP contribution >= 0.6 is 0 Å². The highest BCUT2D eigenvalue weighted by Crippen LogP contribution is 2.50. The average molecular weight is 487 g/mol. The van der Waals surface area contributed by atoms with E-state index < -0.39 is 0 Å². The van der Waals surface area contributed by atoms with Crippen LogP contribution in [0.25, 0.3) is 16.4 Å². The molecule has 4 aromatic carbocycles. The van der Waals surface area contributed by atoms with Crippen molar-refractivity contribution in [2.45, 2.75) is 12.5 Å². The van der Waals surface area contributed by atoms with Gasteiger partial charge in [-0.25, -0.2) is 14.5 Å². The number of hydrogen-bond donors (Lipinski definition) is 0. The number of rotatable bonds is 5. The first-order chi connectivity index (χ1) is 18.3. The summed E-state index contributed by atoms with van der Waals surface area (Å²) < 4.78 is 19.5. The van der Waals surface area contributed by atoms with E-state index in [1.807, 2.05) is 54.6 Å². The van der Waals surface area contributed by atoms with Gasteiger partial charge in [-0.15, -0.1) is 5.10 Å². The Hall–Kier alpha value is -4.91. The molecule has 1 atom stereocenters. The maximum atomic E-state index is 6.49. The summed E-state index contributed by atoms with van der Waals surface area (Å²) in [5, 5.41) is 6.80. The predicted molar refractivity (Wildman–Crippen MR) is 140 cm³/mol. The minimum absolute atomic E-state index is 0.155. The zero-order chi connectivity index (χ0) is 24.8. The van der Waals surface area contributed by atoms with E-state index in [1.54, 1.807) is 18.0 Å². The fourth-order valence-electron chi connectivity index (χ4n) is 4.96. The molecule has 0 bridgehead atoms.